The summed E-state index contributed by atoms with van der Waals surface area (Å²) in [4.78, 5) is 44.4. The Hall–Kier alpha value is -3.43. The van der Waals surface area contributed by atoms with Gasteiger partial charge in [-0.25, -0.2) is 4.79 Å². The number of benzene rings is 2. The van der Waals surface area contributed by atoms with E-state index in [4.69, 9.17) is 4.74 Å². The van der Waals surface area contributed by atoms with E-state index >= 15 is 0 Å². The van der Waals surface area contributed by atoms with Crippen LogP contribution < -0.4 is 10.6 Å². The Morgan fingerprint density at radius 1 is 0.889 bits per heavy atom. The number of anilines is 1. The van der Waals surface area contributed by atoms with Crippen LogP contribution in [0.15, 0.2) is 54.6 Å². The smallest absolute Gasteiger partial charge is 0.411 e. The van der Waals surface area contributed by atoms with Gasteiger partial charge in [0.25, 0.3) is 0 Å². The van der Waals surface area contributed by atoms with Crippen molar-refractivity contribution in [3.05, 3.63) is 54.6 Å². The maximum absolute atomic E-state index is 12.7. The molecular formula is C36H53N5O4. The molecule has 0 aromatic heterocycles. The van der Waals surface area contributed by atoms with Gasteiger partial charge in [-0.05, 0) is 69.7 Å². The van der Waals surface area contributed by atoms with E-state index in [1.165, 1.54) is 0 Å². The van der Waals surface area contributed by atoms with Crippen molar-refractivity contribution in [1.29, 1.82) is 0 Å². The second-order valence-corrected chi connectivity index (χ2v) is 12.5. The number of piperidine rings is 2. The van der Waals surface area contributed by atoms with Gasteiger partial charge in [-0.2, -0.15) is 0 Å². The van der Waals surface area contributed by atoms with Gasteiger partial charge in [0.15, 0.2) is 0 Å². The van der Waals surface area contributed by atoms with Gasteiger partial charge in [0.2, 0.25) is 11.8 Å². The molecule has 0 aliphatic carbocycles. The summed E-state index contributed by atoms with van der Waals surface area (Å²) in [6.45, 7) is 8.99. The maximum Gasteiger partial charge on any atom is 0.411 e. The number of ether oxygens (including phenoxy) is 1. The van der Waals surface area contributed by atoms with Crippen molar-refractivity contribution >= 4 is 23.6 Å². The Balaban J connectivity index is 1.06. The van der Waals surface area contributed by atoms with Crippen molar-refractivity contribution in [3.8, 4) is 11.1 Å². The number of hydrogen-bond acceptors (Lipinski definition) is 6. The van der Waals surface area contributed by atoms with Crippen LogP contribution in [0.5, 0.6) is 0 Å². The normalized spacial score (nSPS) is 17.9. The first-order valence-corrected chi connectivity index (χ1v) is 17.0. The van der Waals surface area contributed by atoms with Gasteiger partial charge in [0.1, 0.15) is 6.10 Å². The monoisotopic (exact) mass is 619 g/mol. The molecule has 2 aromatic carbocycles. The number of carbonyl (C=O) groups excluding carboxylic acids is 3. The lowest BCUT2D eigenvalue weighted by Crippen LogP contribution is -2.43. The summed E-state index contributed by atoms with van der Waals surface area (Å²) in [7, 11) is 1.90. The Kier molecular flexibility index (Phi) is 14.2. The van der Waals surface area contributed by atoms with Gasteiger partial charge in [0.05, 0.1) is 11.6 Å². The van der Waals surface area contributed by atoms with E-state index in [-0.39, 0.29) is 23.8 Å². The fourth-order valence-corrected chi connectivity index (χ4v) is 6.26. The average molecular weight is 620 g/mol. The van der Waals surface area contributed by atoms with Gasteiger partial charge >= 0.3 is 6.09 Å². The molecular weight excluding hydrogens is 566 g/mol. The van der Waals surface area contributed by atoms with Crippen molar-refractivity contribution < 1.29 is 19.1 Å². The van der Waals surface area contributed by atoms with Crippen molar-refractivity contribution in [3.63, 3.8) is 0 Å². The van der Waals surface area contributed by atoms with Crippen LogP contribution in [0.3, 0.4) is 0 Å². The van der Waals surface area contributed by atoms with Crippen LogP contribution in [0.1, 0.15) is 64.7 Å². The number of likely N-dealkylation sites (N-methyl/N-ethyl adjacent to an activating group) is 1. The number of likely N-dealkylation sites (tertiary alicyclic amines) is 2. The number of rotatable bonds is 15. The van der Waals surface area contributed by atoms with Crippen LogP contribution in [-0.4, -0.2) is 98.1 Å². The summed E-state index contributed by atoms with van der Waals surface area (Å²) in [5.41, 5.74) is 2.74. The molecule has 1 unspecified atom stereocenters. The third-order valence-electron chi connectivity index (χ3n) is 9.02. The maximum atomic E-state index is 12.7. The molecule has 1 atom stereocenters. The molecule has 0 saturated carbocycles. The molecule has 2 aliphatic rings. The lowest BCUT2D eigenvalue weighted by molar-refractivity contribution is -0.130. The molecule has 9 heteroatoms. The molecule has 2 aliphatic heterocycles. The number of amides is 3. The summed E-state index contributed by atoms with van der Waals surface area (Å²) < 4.78 is 5.77. The number of nitrogens with one attached hydrogen (secondary N) is 2. The topological polar surface area (TPSA) is 94.2 Å². The number of carbonyl (C=O) groups is 3. The third-order valence-corrected chi connectivity index (χ3v) is 9.02. The molecule has 3 amide bonds. The third kappa shape index (κ3) is 11.5. The first-order valence-electron chi connectivity index (χ1n) is 17.0. The van der Waals surface area contributed by atoms with Crippen molar-refractivity contribution in [2.24, 2.45) is 5.92 Å². The average Bonchev–Trinajstić information content (AvgIpc) is 3.07. The Morgan fingerprint density at radius 2 is 1.64 bits per heavy atom. The quantitative estimate of drug-likeness (QED) is 0.251. The molecule has 246 valence electrons. The van der Waals surface area contributed by atoms with Crippen molar-refractivity contribution in [2.75, 3.05) is 64.7 Å². The minimum absolute atomic E-state index is 0.112. The summed E-state index contributed by atoms with van der Waals surface area (Å²) in [5.74, 6) is 0.523. The van der Waals surface area contributed by atoms with Crippen LogP contribution in [0, 0.1) is 5.92 Å². The molecule has 45 heavy (non-hydrogen) atoms. The number of nitrogens with zero attached hydrogens (tertiary/aromatic N) is 3. The van der Waals surface area contributed by atoms with E-state index in [1.54, 1.807) is 0 Å². The summed E-state index contributed by atoms with van der Waals surface area (Å²) >= 11 is 0. The molecule has 0 spiro atoms. The first kappa shape index (κ1) is 34.4. The molecule has 2 saturated heterocycles. The largest absolute Gasteiger partial charge is 0.446 e. The molecule has 2 heterocycles. The molecule has 2 fully saturated rings. The summed E-state index contributed by atoms with van der Waals surface area (Å²) in [6, 6.07) is 17.8. The lowest BCUT2D eigenvalue weighted by atomic mass is 9.97. The van der Waals surface area contributed by atoms with Crippen LogP contribution in [0.2, 0.25) is 0 Å². The van der Waals surface area contributed by atoms with Gasteiger partial charge in [-0.1, -0.05) is 61.9 Å². The van der Waals surface area contributed by atoms with E-state index < -0.39 is 6.09 Å². The summed E-state index contributed by atoms with van der Waals surface area (Å²) in [6.07, 6.45) is 7.65. The minimum Gasteiger partial charge on any atom is -0.446 e. The molecule has 9 nitrogen and oxygen atoms in total. The van der Waals surface area contributed by atoms with Crippen LogP contribution in [0.4, 0.5) is 10.5 Å². The zero-order valence-corrected chi connectivity index (χ0v) is 27.3. The van der Waals surface area contributed by atoms with E-state index in [9.17, 15) is 14.4 Å². The van der Waals surface area contributed by atoms with Crippen molar-refractivity contribution in [2.45, 2.75) is 70.8 Å². The highest BCUT2D eigenvalue weighted by atomic mass is 16.6. The predicted octanol–water partition coefficient (Wildman–Crippen LogP) is 5.62. The van der Waals surface area contributed by atoms with Gasteiger partial charge < -0.3 is 24.8 Å². The standard InChI is InChI=1S/C36H53N5O4/c1-3-21-37-35(43)30-15-12-23-41(28-30)22-11-5-8-18-34(42)39(2)26-27-40-24-19-31(20-25-40)45-36(44)38-33-17-10-9-16-32(33)29-13-6-4-7-14-29/h4,6-7,9-10,13-14,16-17,30-31H,3,5,8,11-12,15,18-28H2,1-2H3,(H,37,43)(H,38,44). The second-order valence-electron chi connectivity index (χ2n) is 12.5. The molecule has 0 radical (unpaired) electrons. The molecule has 2 aromatic rings. The highest BCUT2D eigenvalue weighted by Crippen LogP contribution is 2.28. The first-order chi connectivity index (χ1) is 21.9. The van der Waals surface area contributed by atoms with Crippen LogP contribution in [0.25, 0.3) is 11.1 Å². The number of para-hydroxylation sites is 1. The highest BCUT2D eigenvalue weighted by Gasteiger charge is 2.25. The van der Waals surface area contributed by atoms with Gasteiger partial charge in [-0.3, -0.25) is 14.9 Å². The van der Waals surface area contributed by atoms with E-state index in [0.717, 1.165) is 114 Å². The van der Waals surface area contributed by atoms with Crippen LogP contribution in [-0.2, 0) is 14.3 Å². The zero-order chi connectivity index (χ0) is 31.9. The van der Waals surface area contributed by atoms with E-state index in [1.807, 2.05) is 66.5 Å². The van der Waals surface area contributed by atoms with Crippen LogP contribution >= 0.6 is 0 Å². The van der Waals surface area contributed by atoms with Gasteiger partial charge in [-0.15, -0.1) is 0 Å². The highest BCUT2D eigenvalue weighted by molar-refractivity contribution is 5.91. The fraction of sp³-hybridized carbons (Fsp3) is 0.583. The molecule has 0 bridgehead atoms. The number of hydrogen-bond donors (Lipinski definition) is 2. The molecule has 2 N–H and O–H groups in total. The van der Waals surface area contributed by atoms with E-state index in [2.05, 4.69) is 27.4 Å². The number of unbranched alkanes of at least 4 members (excludes halogenated alkanes) is 2. The van der Waals surface area contributed by atoms with Gasteiger partial charge in [0, 0.05) is 58.3 Å². The van der Waals surface area contributed by atoms with E-state index in [0.29, 0.717) is 13.0 Å². The molecule has 4 rings (SSSR count). The zero-order valence-electron chi connectivity index (χ0n) is 27.3. The Labute approximate surface area is 269 Å². The fourth-order valence-electron chi connectivity index (χ4n) is 6.26. The predicted molar refractivity (Wildman–Crippen MR) is 180 cm³/mol. The Morgan fingerprint density at radius 3 is 2.42 bits per heavy atom. The SMILES string of the molecule is CCCNC(=O)C1CCCN(CCCCCC(=O)N(C)CCN2CCC(OC(=O)Nc3ccccc3-c3ccccc3)CC2)C1. The minimum atomic E-state index is -0.419. The van der Waals surface area contributed by atoms with Crippen molar-refractivity contribution in [1.82, 2.24) is 20.0 Å². The second kappa shape index (κ2) is 18.5. The lowest BCUT2D eigenvalue weighted by Gasteiger charge is -2.32. The summed E-state index contributed by atoms with van der Waals surface area (Å²) in [5, 5.41) is 5.98. The Bertz CT molecular complexity index is 1200.